The second-order valence-corrected chi connectivity index (χ2v) is 7.28. The summed E-state index contributed by atoms with van der Waals surface area (Å²) in [6, 6.07) is 6.09. The van der Waals surface area contributed by atoms with Gasteiger partial charge in [-0.2, -0.15) is 0 Å². The van der Waals surface area contributed by atoms with Crippen molar-refractivity contribution in [1.29, 1.82) is 5.41 Å². The van der Waals surface area contributed by atoms with Crippen LogP contribution in [0.15, 0.2) is 53.3 Å². The van der Waals surface area contributed by atoms with Gasteiger partial charge in [0.25, 0.3) is 0 Å². The lowest BCUT2D eigenvalue weighted by molar-refractivity contribution is 0.226. The van der Waals surface area contributed by atoms with Gasteiger partial charge in [0.2, 0.25) is 0 Å². The van der Waals surface area contributed by atoms with Crippen molar-refractivity contribution in [2.24, 2.45) is 10.7 Å². The smallest absolute Gasteiger partial charge is 0.166 e. The molecular weight excluding hydrogens is 419 g/mol. The van der Waals surface area contributed by atoms with Crippen molar-refractivity contribution in [3.8, 4) is 5.75 Å². The second kappa shape index (κ2) is 9.61. The SMILES string of the molecule is CCN=C1C(=CN)CN/C(=C\C(=N)Cl)c2ccc(F)cc2C(C)Oc2cc1cnc2N. The number of allylic oxidation sites excluding steroid dienone is 1. The van der Waals surface area contributed by atoms with Crippen LogP contribution in [0, 0.1) is 11.2 Å². The number of aliphatic imine (C=N–C) groups is 1. The lowest BCUT2D eigenvalue weighted by Crippen LogP contribution is -2.24. The number of nitrogens with one attached hydrogen (secondary N) is 2. The van der Waals surface area contributed by atoms with E-state index in [-0.39, 0.29) is 17.5 Å². The van der Waals surface area contributed by atoms with Gasteiger partial charge in [-0.25, -0.2) is 9.37 Å². The molecule has 0 saturated carbocycles. The molecule has 0 amide bonds. The molecule has 1 aromatic heterocycles. The van der Waals surface area contributed by atoms with Crippen molar-refractivity contribution < 1.29 is 9.13 Å². The fraction of sp³-hybridized carbons (Fsp3) is 0.227. The van der Waals surface area contributed by atoms with Gasteiger partial charge in [-0.05, 0) is 44.2 Å². The zero-order valence-corrected chi connectivity index (χ0v) is 18.0. The first kappa shape index (κ1) is 22.3. The second-order valence-electron chi connectivity index (χ2n) is 6.87. The van der Waals surface area contributed by atoms with Crippen LogP contribution in [0.1, 0.15) is 36.6 Å². The normalized spacial score (nSPS) is 20.4. The van der Waals surface area contributed by atoms with Gasteiger partial charge in [-0.3, -0.25) is 10.4 Å². The highest BCUT2D eigenvalue weighted by molar-refractivity contribution is 6.68. The summed E-state index contributed by atoms with van der Waals surface area (Å²) < 4.78 is 20.2. The van der Waals surface area contributed by atoms with E-state index >= 15 is 0 Å². The Hall–Kier alpha value is -3.39. The third-order valence-corrected chi connectivity index (χ3v) is 4.87. The van der Waals surface area contributed by atoms with Crippen LogP contribution in [0.2, 0.25) is 0 Å². The first-order valence-corrected chi connectivity index (χ1v) is 10.1. The first-order chi connectivity index (χ1) is 14.8. The maximum Gasteiger partial charge on any atom is 0.166 e. The minimum absolute atomic E-state index is 0.183. The Morgan fingerprint density at radius 2 is 2.23 bits per heavy atom. The van der Waals surface area contributed by atoms with Crippen molar-refractivity contribution in [1.82, 2.24) is 10.3 Å². The molecule has 0 spiro atoms. The summed E-state index contributed by atoms with van der Waals surface area (Å²) in [6.45, 7) is 4.52. The number of pyridine rings is 1. The third-order valence-electron chi connectivity index (χ3n) is 4.76. The number of aromatic nitrogens is 1. The minimum Gasteiger partial charge on any atom is -0.482 e. The molecule has 0 aliphatic carbocycles. The van der Waals surface area contributed by atoms with Crippen LogP contribution in [-0.2, 0) is 0 Å². The summed E-state index contributed by atoms with van der Waals surface area (Å²) in [5.41, 5.74) is 15.7. The maximum absolute atomic E-state index is 14.1. The Labute approximate surface area is 185 Å². The van der Waals surface area contributed by atoms with Gasteiger partial charge in [0.1, 0.15) is 17.1 Å². The molecule has 162 valence electrons. The summed E-state index contributed by atoms with van der Waals surface area (Å²) >= 11 is 5.86. The average molecular weight is 443 g/mol. The number of nitrogens with zero attached hydrogens (tertiary/aromatic N) is 2. The highest BCUT2D eigenvalue weighted by Gasteiger charge is 2.21. The molecule has 0 fully saturated rings. The minimum atomic E-state index is -0.574. The van der Waals surface area contributed by atoms with Gasteiger partial charge < -0.3 is 21.5 Å². The highest BCUT2D eigenvalue weighted by Crippen LogP contribution is 2.32. The van der Waals surface area contributed by atoms with Crippen molar-refractivity contribution in [2.45, 2.75) is 20.0 Å². The lowest BCUT2D eigenvalue weighted by atomic mass is 9.98. The Morgan fingerprint density at radius 3 is 2.90 bits per heavy atom. The molecule has 1 aliphatic heterocycles. The van der Waals surface area contributed by atoms with Crippen LogP contribution in [0.3, 0.4) is 0 Å². The number of benzene rings is 1. The van der Waals surface area contributed by atoms with Crippen LogP contribution < -0.4 is 21.5 Å². The van der Waals surface area contributed by atoms with Crippen LogP contribution in [0.5, 0.6) is 5.75 Å². The van der Waals surface area contributed by atoms with Crippen molar-refractivity contribution in [2.75, 3.05) is 18.8 Å². The molecule has 6 N–H and O–H groups in total. The molecule has 31 heavy (non-hydrogen) atoms. The van der Waals surface area contributed by atoms with E-state index in [1.165, 1.54) is 24.4 Å². The van der Waals surface area contributed by atoms with Crippen LogP contribution in [0.4, 0.5) is 10.2 Å². The summed E-state index contributed by atoms with van der Waals surface area (Å²) in [5.74, 6) is 0.141. The number of anilines is 1. The number of hydrogen-bond acceptors (Lipinski definition) is 7. The summed E-state index contributed by atoms with van der Waals surface area (Å²) in [4.78, 5) is 8.83. The standard InChI is InChI=1S/C22H24ClFN6O/c1-3-28-21-13-6-19(22(27)30-10-13)31-12(2)17-7-15(24)4-5-16(17)18(8-20(23)26)29-11-14(21)9-25/h4-10,12,26,29H,3,11,25H2,1-2H3,(H2,27,30)/b14-9?,18-8-,26-20?,28-21?. The van der Waals surface area contributed by atoms with Gasteiger partial charge in [-0.15, -0.1) is 0 Å². The van der Waals surface area contributed by atoms with Crippen molar-refractivity contribution in [3.05, 3.63) is 70.8 Å². The molecule has 0 radical (unpaired) electrons. The van der Waals surface area contributed by atoms with Gasteiger partial charge in [0, 0.05) is 53.4 Å². The first-order valence-electron chi connectivity index (χ1n) is 9.71. The maximum atomic E-state index is 14.1. The number of rotatable bonds is 2. The molecule has 1 unspecified atom stereocenters. The molecule has 1 atom stereocenters. The molecule has 2 heterocycles. The van der Waals surface area contributed by atoms with E-state index in [0.717, 1.165) is 0 Å². The Kier molecular flexibility index (Phi) is 6.91. The van der Waals surface area contributed by atoms with Gasteiger partial charge >= 0.3 is 0 Å². The average Bonchev–Trinajstić information content (AvgIpc) is 2.73. The monoisotopic (exact) mass is 442 g/mol. The van der Waals surface area contributed by atoms with Crippen LogP contribution in [0.25, 0.3) is 5.70 Å². The molecule has 2 aromatic rings. The number of nitrogen functional groups attached to an aromatic ring is 1. The number of nitrogens with two attached hydrogens (primary N) is 2. The quantitative estimate of drug-likeness (QED) is 0.527. The molecule has 3 rings (SSSR count). The zero-order valence-electron chi connectivity index (χ0n) is 17.2. The number of fused-ring (bicyclic) bond motifs is 3. The lowest BCUT2D eigenvalue weighted by Gasteiger charge is -2.24. The highest BCUT2D eigenvalue weighted by atomic mass is 35.5. The van der Waals surface area contributed by atoms with Gasteiger partial charge in [0.15, 0.2) is 11.6 Å². The Bertz CT molecular complexity index is 1100. The number of halogens is 2. The van der Waals surface area contributed by atoms with Crippen LogP contribution >= 0.6 is 11.6 Å². The molecule has 0 saturated heterocycles. The fourth-order valence-electron chi connectivity index (χ4n) is 3.35. The van der Waals surface area contributed by atoms with Gasteiger partial charge in [0.05, 0.1) is 5.71 Å². The predicted octanol–water partition coefficient (Wildman–Crippen LogP) is 3.75. The Morgan fingerprint density at radius 1 is 1.45 bits per heavy atom. The number of hydrogen-bond donors (Lipinski definition) is 4. The van der Waals surface area contributed by atoms with Crippen molar-refractivity contribution in [3.63, 3.8) is 0 Å². The zero-order chi connectivity index (χ0) is 22.5. The van der Waals surface area contributed by atoms with E-state index in [9.17, 15) is 4.39 Å². The summed E-state index contributed by atoms with van der Waals surface area (Å²) in [6.07, 6.45) is 3.95. The fourth-order valence-corrected chi connectivity index (χ4v) is 3.46. The third kappa shape index (κ3) is 5.03. The largest absolute Gasteiger partial charge is 0.482 e. The predicted molar refractivity (Wildman–Crippen MR) is 123 cm³/mol. The molecule has 1 aliphatic rings. The van der Waals surface area contributed by atoms with E-state index in [2.05, 4.69) is 15.3 Å². The Balaban J connectivity index is 2.26. The van der Waals surface area contributed by atoms with Crippen LogP contribution in [-0.4, -0.2) is 29.0 Å². The summed E-state index contributed by atoms with van der Waals surface area (Å²) in [5, 5.41) is 10.8. The van der Waals surface area contributed by atoms with E-state index < -0.39 is 11.9 Å². The molecule has 2 bridgehead atoms. The van der Waals surface area contributed by atoms with E-state index in [1.54, 1.807) is 25.3 Å². The number of ether oxygens (including phenoxy) is 1. The van der Waals surface area contributed by atoms with E-state index in [0.29, 0.717) is 46.0 Å². The van der Waals surface area contributed by atoms with Crippen molar-refractivity contribution >= 4 is 34.0 Å². The van der Waals surface area contributed by atoms with E-state index in [4.69, 9.17) is 33.2 Å². The molecule has 7 nitrogen and oxygen atoms in total. The molecular formula is C22H24ClFN6O. The molecule has 9 heteroatoms. The summed E-state index contributed by atoms with van der Waals surface area (Å²) in [7, 11) is 0. The van der Waals surface area contributed by atoms with Gasteiger partial charge in [-0.1, -0.05) is 11.6 Å². The molecule has 1 aromatic carbocycles. The topological polar surface area (TPSA) is 122 Å². The van der Waals surface area contributed by atoms with E-state index in [1.807, 2.05) is 6.92 Å².